The van der Waals surface area contributed by atoms with Gasteiger partial charge in [-0.2, -0.15) is 0 Å². The molecule has 0 fully saturated rings. The van der Waals surface area contributed by atoms with Crippen LogP contribution in [-0.2, 0) is 0 Å². The first-order chi connectivity index (χ1) is 12.4. The van der Waals surface area contributed by atoms with Gasteiger partial charge in [-0.15, -0.1) is 24.8 Å². The summed E-state index contributed by atoms with van der Waals surface area (Å²) in [6, 6.07) is 9.62. The molecule has 1 amide bonds. The Morgan fingerprint density at radius 3 is 2.54 bits per heavy atom. The molecule has 0 aliphatic heterocycles. The first kappa shape index (κ1) is 25.6. The molecule has 0 radical (unpaired) electrons. The molecular weight excluding hydrogens is 405 g/mol. The molecular formula is C18H25Cl2N5O3. The minimum absolute atomic E-state index is 0. The highest BCUT2D eigenvalue weighted by Gasteiger charge is 2.19. The molecule has 0 saturated heterocycles. The van der Waals surface area contributed by atoms with E-state index >= 15 is 0 Å². The molecule has 1 aromatic heterocycles. The molecule has 10 heteroatoms. The van der Waals surface area contributed by atoms with Crippen molar-refractivity contribution in [2.24, 2.45) is 5.73 Å². The summed E-state index contributed by atoms with van der Waals surface area (Å²) < 4.78 is 0. The van der Waals surface area contributed by atoms with E-state index in [4.69, 9.17) is 5.73 Å². The standard InChI is InChI=1S/C18H23N5O3.2ClH/c1-12(19)8-10-21-18(24)14-6-7-16(17(11-14)23(25)26)22-13(2)15-5-3-4-9-20-15;;/h3-7,9,11-13,22H,8,10,19H2,1-2H3,(H,21,24);2*1H. The van der Waals surface area contributed by atoms with Gasteiger partial charge in [-0.05, 0) is 44.5 Å². The van der Waals surface area contributed by atoms with Crippen molar-refractivity contribution < 1.29 is 9.72 Å². The minimum Gasteiger partial charge on any atom is -0.371 e. The number of amides is 1. The highest BCUT2D eigenvalue weighted by molar-refractivity contribution is 5.95. The van der Waals surface area contributed by atoms with Gasteiger partial charge in [-0.25, -0.2) is 0 Å². The lowest BCUT2D eigenvalue weighted by Crippen LogP contribution is -2.29. The van der Waals surface area contributed by atoms with Gasteiger partial charge in [0.15, 0.2) is 0 Å². The van der Waals surface area contributed by atoms with Crippen LogP contribution in [0.25, 0.3) is 0 Å². The normalized spacial score (nSPS) is 12.0. The molecule has 1 aromatic carbocycles. The Labute approximate surface area is 176 Å². The van der Waals surface area contributed by atoms with Gasteiger partial charge in [0.2, 0.25) is 0 Å². The zero-order chi connectivity index (χ0) is 19.1. The number of carbonyl (C=O) groups excluding carboxylic acids is 1. The fourth-order valence-corrected chi connectivity index (χ4v) is 2.40. The van der Waals surface area contributed by atoms with E-state index in [0.29, 0.717) is 18.7 Å². The predicted octanol–water partition coefficient (Wildman–Crippen LogP) is 3.47. The summed E-state index contributed by atoms with van der Waals surface area (Å²) in [4.78, 5) is 27.3. The van der Waals surface area contributed by atoms with E-state index in [2.05, 4.69) is 15.6 Å². The summed E-state index contributed by atoms with van der Waals surface area (Å²) in [7, 11) is 0. The Kier molecular flexibility index (Phi) is 11.1. The van der Waals surface area contributed by atoms with Crippen LogP contribution in [-0.4, -0.2) is 28.4 Å². The molecule has 154 valence electrons. The second-order valence-electron chi connectivity index (χ2n) is 6.13. The van der Waals surface area contributed by atoms with Gasteiger partial charge in [-0.3, -0.25) is 19.9 Å². The quantitative estimate of drug-likeness (QED) is 0.435. The van der Waals surface area contributed by atoms with E-state index < -0.39 is 4.92 Å². The van der Waals surface area contributed by atoms with Crippen molar-refractivity contribution in [1.29, 1.82) is 0 Å². The second kappa shape index (κ2) is 12.1. The molecule has 2 unspecified atom stereocenters. The average Bonchev–Trinajstić information content (AvgIpc) is 2.62. The monoisotopic (exact) mass is 429 g/mol. The Balaban J connectivity index is 0.00000364. The molecule has 2 aromatic rings. The lowest BCUT2D eigenvalue weighted by atomic mass is 10.1. The average molecular weight is 430 g/mol. The van der Waals surface area contributed by atoms with Crippen LogP contribution in [0.4, 0.5) is 11.4 Å². The summed E-state index contributed by atoms with van der Waals surface area (Å²) in [5.74, 6) is -0.363. The number of carbonyl (C=O) groups is 1. The van der Waals surface area contributed by atoms with Crippen LogP contribution in [0.5, 0.6) is 0 Å². The number of anilines is 1. The zero-order valence-electron chi connectivity index (χ0n) is 15.6. The van der Waals surface area contributed by atoms with Crippen molar-refractivity contribution >= 4 is 42.1 Å². The molecule has 2 atom stereocenters. The van der Waals surface area contributed by atoms with Crippen LogP contribution < -0.4 is 16.4 Å². The Hall–Kier alpha value is -2.42. The second-order valence-corrected chi connectivity index (χ2v) is 6.13. The molecule has 2 rings (SSSR count). The molecule has 0 aliphatic carbocycles. The molecule has 0 aliphatic rings. The third kappa shape index (κ3) is 7.30. The van der Waals surface area contributed by atoms with Crippen LogP contribution in [0.2, 0.25) is 0 Å². The van der Waals surface area contributed by atoms with Gasteiger partial charge in [0.05, 0.1) is 16.7 Å². The fraction of sp³-hybridized carbons (Fsp3) is 0.333. The fourth-order valence-electron chi connectivity index (χ4n) is 2.40. The number of hydrogen-bond acceptors (Lipinski definition) is 6. The number of nitrogens with one attached hydrogen (secondary N) is 2. The predicted molar refractivity (Wildman–Crippen MR) is 114 cm³/mol. The third-order valence-corrected chi connectivity index (χ3v) is 3.85. The number of nitrogens with two attached hydrogens (primary N) is 1. The SMILES string of the molecule is CC(N)CCNC(=O)c1ccc(NC(C)c2ccccn2)c([N+](=O)[O-])c1.Cl.Cl. The van der Waals surface area contributed by atoms with Gasteiger partial charge in [0.25, 0.3) is 11.6 Å². The van der Waals surface area contributed by atoms with Gasteiger partial charge >= 0.3 is 0 Å². The lowest BCUT2D eigenvalue weighted by molar-refractivity contribution is -0.384. The number of rotatable bonds is 8. The maximum Gasteiger partial charge on any atom is 0.293 e. The zero-order valence-corrected chi connectivity index (χ0v) is 17.3. The van der Waals surface area contributed by atoms with E-state index in [1.165, 1.54) is 12.1 Å². The molecule has 28 heavy (non-hydrogen) atoms. The maximum atomic E-state index is 12.2. The first-order valence-corrected chi connectivity index (χ1v) is 8.38. The Morgan fingerprint density at radius 1 is 1.25 bits per heavy atom. The van der Waals surface area contributed by atoms with E-state index in [9.17, 15) is 14.9 Å². The van der Waals surface area contributed by atoms with Gasteiger partial charge in [-0.1, -0.05) is 6.07 Å². The van der Waals surface area contributed by atoms with E-state index in [1.54, 1.807) is 18.3 Å². The van der Waals surface area contributed by atoms with Gasteiger partial charge in [0, 0.05) is 30.4 Å². The highest BCUT2D eigenvalue weighted by Crippen LogP contribution is 2.28. The number of halogens is 2. The molecule has 0 saturated carbocycles. The summed E-state index contributed by atoms with van der Waals surface area (Å²) in [6.07, 6.45) is 2.30. The van der Waals surface area contributed by atoms with Crippen LogP contribution in [0.1, 0.15) is 42.4 Å². The highest BCUT2D eigenvalue weighted by atomic mass is 35.5. The topological polar surface area (TPSA) is 123 Å². The van der Waals surface area contributed by atoms with Gasteiger partial charge < -0.3 is 16.4 Å². The molecule has 0 spiro atoms. The summed E-state index contributed by atoms with van der Waals surface area (Å²) >= 11 is 0. The number of nitro groups is 1. The number of aromatic nitrogens is 1. The lowest BCUT2D eigenvalue weighted by Gasteiger charge is -2.15. The van der Waals surface area contributed by atoms with Crippen molar-refractivity contribution in [2.75, 3.05) is 11.9 Å². The van der Waals surface area contributed by atoms with Crippen LogP contribution in [0, 0.1) is 10.1 Å². The number of nitrogens with zero attached hydrogens (tertiary/aromatic N) is 2. The van der Waals surface area contributed by atoms with Crippen molar-refractivity contribution in [3.63, 3.8) is 0 Å². The van der Waals surface area contributed by atoms with Crippen molar-refractivity contribution in [3.05, 3.63) is 64.0 Å². The number of nitro benzene ring substituents is 1. The minimum atomic E-state index is -0.508. The largest absolute Gasteiger partial charge is 0.371 e. The van der Waals surface area contributed by atoms with Crippen LogP contribution in [0.15, 0.2) is 42.6 Å². The number of pyridine rings is 1. The van der Waals surface area contributed by atoms with Gasteiger partial charge in [0.1, 0.15) is 5.69 Å². The summed E-state index contributed by atoms with van der Waals surface area (Å²) in [5.41, 5.74) is 6.81. The summed E-state index contributed by atoms with van der Waals surface area (Å²) in [6.45, 7) is 4.13. The van der Waals surface area contributed by atoms with Crippen molar-refractivity contribution in [3.8, 4) is 0 Å². The summed E-state index contributed by atoms with van der Waals surface area (Å²) in [5, 5.41) is 17.2. The smallest absolute Gasteiger partial charge is 0.293 e. The van der Waals surface area contributed by atoms with E-state index in [0.717, 1.165) is 5.69 Å². The first-order valence-electron chi connectivity index (χ1n) is 8.38. The number of benzene rings is 1. The van der Waals surface area contributed by atoms with Crippen molar-refractivity contribution in [2.45, 2.75) is 32.4 Å². The molecule has 0 bridgehead atoms. The number of hydrogen-bond donors (Lipinski definition) is 3. The maximum absolute atomic E-state index is 12.2. The van der Waals surface area contributed by atoms with Crippen LogP contribution in [0.3, 0.4) is 0 Å². The Bertz CT molecular complexity index is 775. The third-order valence-electron chi connectivity index (χ3n) is 3.85. The van der Waals surface area contributed by atoms with E-state index in [1.807, 2.05) is 26.0 Å². The van der Waals surface area contributed by atoms with E-state index in [-0.39, 0.29) is 54.1 Å². The molecule has 4 N–H and O–H groups in total. The molecule has 8 nitrogen and oxygen atoms in total. The molecule has 1 heterocycles. The van der Waals surface area contributed by atoms with Crippen molar-refractivity contribution in [1.82, 2.24) is 10.3 Å². The van der Waals surface area contributed by atoms with Crippen LogP contribution >= 0.6 is 24.8 Å². The Morgan fingerprint density at radius 2 is 1.96 bits per heavy atom.